The standard InChI is InChI=1S/C32H34N2O5/c1-22(2)16-17-29(31(37)34(19-18-30(35)36)20-23-10-4-3-5-11-23)33-32(38)39-21-28-26-14-8-6-12-24(26)25-13-7-9-15-27(25)28/h3-16,28-29H,17-21H2,1-2H3,(H,33,38)(H,35,36). The van der Waals surface area contributed by atoms with Crippen molar-refractivity contribution in [2.75, 3.05) is 13.2 Å². The Hall–Kier alpha value is -4.39. The summed E-state index contributed by atoms with van der Waals surface area (Å²) in [6.45, 7) is 4.24. The van der Waals surface area contributed by atoms with Crippen LogP contribution in [-0.2, 0) is 20.9 Å². The third-order valence-electron chi connectivity index (χ3n) is 6.82. The average Bonchev–Trinajstić information content (AvgIpc) is 3.25. The van der Waals surface area contributed by atoms with E-state index in [0.717, 1.165) is 33.4 Å². The largest absolute Gasteiger partial charge is 0.481 e. The Balaban J connectivity index is 1.48. The number of nitrogens with one attached hydrogen (secondary N) is 1. The Morgan fingerprint density at radius 3 is 2.10 bits per heavy atom. The minimum atomic E-state index is -0.994. The smallest absolute Gasteiger partial charge is 0.407 e. The van der Waals surface area contributed by atoms with Crippen molar-refractivity contribution in [3.05, 3.63) is 107 Å². The molecule has 7 nitrogen and oxygen atoms in total. The summed E-state index contributed by atoms with van der Waals surface area (Å²) in [4.78, 5) is 39.4. The topological polar surface area (TPSA) is 95.9 Å². The van der Waals surface area contributed by atoms with Crippen molar-refractivity contribution in [1.82, 2.24) is 10.2 Å². The van der Waals surface area contributed by atoms with Crippen LogP contribution in [0.3, 0.4) is 0 Å². The van der Waals surface area contributed by atoms with Crippen molar-refractivity contribution in [2.24, 2.45) is 0 Å². The summed E-state index contributed by atoms with van der Waals surface area (Å²) in [7, 11) is 0. The van der Waals surface area contributed by atoms with Crippen molar-refractivity contribution < 1.29 is 24.2 Å². The summed E-state index contributed by atoms with van der Waals surface area (Å²) in [5.41, 5.74) is 6.35. The Kier molecular flexibility index (Phi) is 9.15. The molecule has 3 aromatic rings. The second-order valence-electron chi connectivity index (χ2n) is 9.93. The lowest BCUT2D eigenvalue weighted by Crippen LogP contribution is -2.49. The number of hydrogen-bond donors (Lipinski definition) is 2. The number of ether oxygens (including phenoxy) is 1. The maximum atomic E-state index is 13.6. The second-order valence-corrected chi connectivity index (χ2v) is 9.93. The first-order valence-electron chi connectivity index (χ1n) is 13.1. The SMILES string of the molecule is CC(C)=CCC(NC(=O)OCC1c2ccccc2-c2ccccc21)C(=O)N(CCC(=O)O)Cc1ccccc1. The predicted molar refractivity (Wildman–Crippen MR) is 150 cm³/mol. The first-order chi connectivity index (χ1) is 18.8. The van der Waals surface area contributed by atoms with Gasteiger partial charge in [0.15, 0.2) is 0 Å². The van der Waals surface area contributed by atoms with Gasteiger partial charge in [0.1, 0.15) is 12.6 Å². The van der Waals surface area contributed by atoms with Gasteiger partial charge in [-0.3, -0.25) is 9.59 Å². The molecule has 0 bridgehead atoms. The van der Waals surface area contributed by atoms with Gasteiger partial charge < -0.3 is 20.1 Å². The number of carboxylic acid groups (broad SMARTS) is 1. The molecule has 0 radical (unpaired) electrons. The quantitative estimate of drug-likeness (QED) is 0.310. The molecule has 39 heavy (non-hydrogen) atoms. The minimum Gasteiger partial charge on any atom is -0.481 e. The van der Waals surface area contributed by atoms with Crippen LogP contribution in [0.5, 0.6) is 0 Å². The third-order valence-corrected chi connectivity index (χ3v) is 6.82. The van der Waals surface area contributed by atoms with E-state index in [0.29, 0.717) is 0 Å². The molecule has 0 fully saturated rings. The van der Waals surface area contributed by atoms with E-state index >= 15 is 0 Å². The van der Waals surface area contributed by atoms with Gasteiger partial charge in [-0.15, -0.1) is 0 Å². The highest BCUT2D eigenvalue weighted by Gasteiger charge is 2.30. The van der Waals surface area contributed by atoms with E-state index in [1.165, 1.54) is 4.90 Å². The van der Waals surface area contributed by atoms with Crippen LogP contribution in [0.1, 0.15) is 49.3 Å². The van der Waals surface area contributed by atoms with Gasteiger partial charge in [-0.25, -0.2) is 4.79 Å². The normalized spacial score (nSPS) is 12.6. The van der Waals surface area contributed by atoms with Crippen LogP contribution in [0.15, 0.2) is 90.5 Å². The third kappa shape index (κ3) is 7.13. The van der Waals surface area contributed by atoms with Crippen LogP contribution in [0.25, 0.3) is 11.1 Å². The monoisotopic (exact) mass is 526 g/mol. The summed E-state index contributed by atoms with van der Waals surface area (Å²) in [6, 6.07) is 24.7. The molecular weight excluding hydrogens is 492 g/mol. The molecule has 0 aromatic heterocycles. The number of amides is 2. The number of benzene rings is 3. The van der Waals surface area contributed by atoms with Crippen LogP contribution < -0.4 is 5.32 Å². The lowest BCUT2D eigenvalue weighted by atomic mass is 9.98. The molecule has 0 saturated carbocycles. The van der Waals surface area contributed by atoms with E-state index < -0.39 is 18.1 Å². The van der Waals surface area contributed by atoms with E-state index in [1.54, 1.807) is 0 Å². The van der Waals surface area contributed by atoms with E-state index in [1.807, 2.05) is 86.7 Å². The number of carbonyl (C=O) groups is 3. The molecule has 2 amide bonds. The molecule has 1 aliphatic carbocycles. The van der Waals surface area contributed by atoms with Gasteiger partial charge in [-0.1, -0.05) is 90.5 Å². The van der Waals surface area contributed by atoms with Crippen molar-refractivity contribution in [3.8, 4) is 11.1 Å². The Morgan fingerprint density at radius 1 is 0.923 bits per heavy atom. The number of carboxylic acids is 1. The number of alkyl carbamates (subject to hydrolysis) is 1. The summed E-state index contributed by atoms with van der Waals surface area (Å²) >= 11 is 0. The van der Waals surface area contributed by atoms with Crippen LogP contribution in [0.4, 0.5) is 4.79 Å². The highest BCUT2D eigenvalue weighted by molar-refractivity contribution is 5.86. The molecular formula is C32H34N2O5. The number of rotatable bonds is 11. The number of hydrogen-bond acceptors (Lipinski definition) is 4. The molecule has 0 spiro atoms. The second kappa shape index (κ2) is 12.9. The summed E-state index contributed by atoms with van der Waals surface area (Å²) in [5, 5.41) is 12.0. The maximum Gasteiger partial charge on any atom is 0.407 e. The predicted octanol–water partition coefficient (Wildman–Crippen LogP) is 5.75. The van der Waals surface area contributed by atoms with E-state index in [4.69, 9.17) is 4.74 Å². The zero-order valence-electron chi connectivity index (χ0n) is 22.3. The maximum absolute atomic E-state index is 13.6. The Labute approximate surface area is 229 Å². The first-order valence-corrected chi connectivity index (χ1v) is 13.1. The highest BCUT2D eigenvalue weighted by atomic mass is 16.5. The number of nitrogens with zero attached hydrogens (tertiary/aromatic N) is 1. The van der Waals surface area contributed by atoms with Gasteiger partial charge in [0.25, 0.3) is 0 Å². The lowest BCUT2D eigenvalue weighted by Gasteiger charge is -2.27. The number of allylic oxidation sites excluding steroid dienone is 1. The number of fused-ring (bicyclic) bond motifs is 3. The van der Waals surface area contributed by atoms with E-state index in [9.17, 15) is 19.5 Å². The van der Waals surface area contributed by atoms with E-state index in [-0.39, 0.29) is 44.4 Å². The molecule has 202 valence electrons. The Morgan fingerprint density at radius 2 is 1.51 bits per heavy atom. The van der Waals surface area contributed by atoms with Crippen molar-refractivity contribution in [2.45, 2.75) is 45.2 Å². The van der Waals surface area contributed by atoms with Crippen LogP contribution >= 0.6 is 0 Å². The average molecular weight is 527 g/mol. The zero-order valence-corrected chi connectivity index (χ0v) is 22.3. The molecule has 2 N–H and O–H groups in total. The molecule has 0 saturated heterocycles. The molecule has 1 aliphatic rings. The first kappa shape index (κ1) is 27.6. The summed E-state index contributed by atoms with van der Waals surface area (Å²) in [5.74, 6) is -1.45. The molecule has 0 aliphatic heterocycles. The summed E-state index contributed by atoms with van der Waals surface area (Å²) in [6.07, 6.45) is 1.27. The number of aliphatic carboxylic acids is 1. The van der Waals surface area contributed by atoms with Crippen LogP contribution in [0, 0.1) is 0 Å². The summed E-state index contributed by atoms with van der Waals surface area (Å²) < 4.78 is 5.69. The van der Waals surface area contributed by atoms with Gasteiger partial charge >= 0.3 is 12.1 Å². The fourth-order valence-corrected chi connectivity index (χ4v) is 4.88. The molecule has 4 rings (SSSR count). The van der Waals surface area contributed by atoms with Gasteiger partial charge in [-0.05, 0) is 48.1 Å². The molecule has 1 atom stereocenters. The highest BCUT2D eigenvalue weighted by Crippen LogP contribution is 2.44. The fourth-order valence-electron chi connectivity index (χ4n) is 4.88. The van der Waals surface area contributed by atoms with Gasteiger partial charge in [0.2, 0.25) is 5.91 Å². The molecule has 0 heterocycles. The van der Waals surface area contributed by atoms with Gasteiger partial charge in [0, 0.05) is 19.0 Å². The van der Waals surface area contributed by atoms with Crippen molar-refractivity contribution in [1.29, 1.82) is 0 Å². The molecule has 7 heteroatoms. The Bertz CT molecular complexity index is 1300. The van der Waals surface area contributed by atoms with Crippen molar-refractivity contribution in [3.63, 3.8) is 0 Å². The zero-order chi connectivity index (χ0) is 27.8. The van der Waals surface area contributed by atoms with Crippen LogP contribution in [0.2, 0.25) is 0 Å². The number of carbonyl (C=O) groups excluding carboxylic acids is 2. The van der Waals surface area contributed by atoms with Crippen molar-refractivity contribution >= 4 is 18.0 Å². The fraction of sp³-hybridized carbons (Fsp3) is 0.281. The lowest BCUT2D eigenvalue weighted by molar-refractivity contribution is -0.139. The molecule has 1 unspecified atom stereocenters. The molecule has 3 aromatic carbocycles. The van der Waals surface area contributed by atoms with Crippen LogP contribution in [-0.4, -0.2) is 47.2 Å². The van der Waals surface area contributed by atoms with Gasteiger partial charge in [-0.2, -0.15) is 0 Å². The van der Waals surface area contributed by atoms with Gasteiger partial charge in [0.05, 0.1) is 6.42 Å². The minimum absolute atomic E-state index is 0.0285. The van der Waals surface area contributed by atoms with E-state index in [2.05, 4.69) is 17.4 Å².